The number of hydrogen-bond acceptors (Lipinski definition) is 3. The van der Waals surface area contributed by atoms with E-state index in [9.17, 15) is 4.79 Å². The molecule has 0 aromatic rings. The summed E-state index contributed by atoms with van der Waals surface area (Å²) in [6, 6.07) is 0. The Labute approximate surface area is 90.8 Å². The quantitative estimate of drug-likeness (QED) is 0.719. The molecular weight excluding hydrogens is 192 g/mol. The third kappa shape index (κ3) is 2.49. The van der Waals surface area contributed by atoms with Crippen LogP contribution in [0.5, 0.6) is 0 Å². The van der Waals surface area contributed by atoms with Crippen LogP contribution in [0.15, 0.2) is 0 Å². The molecule has 0 aromatic carbocycles. The van der Waals surface area contributed by atoms with E-state index < -0.39 is 0 Å². The third-order valence-corrected chi connectivity index (χ3v) is 3.37. The van der Waals surface area contributed by atoms with E-state index in [0.717, 1.165) is 45.4 Å². The van der Waals surface area contributed by atoms with Gasteiger partial charge in [-0.05, 0) is 38.1 Å². The van der Waals surface area contributed by atoms with Crippen molar-refractivity contribution in [3.63, 3.8) is 0 Å². The van der Waals surface area contributed by atoms with Gasteiger partial charge < -0.3 is 15.4 Å². The average molecular weight is 212 g/mol. The molecule has 0 bridgehead atoms. The maximum absolute atomic E-state index is 12.0. The Morgan fingerprint density at radius 3 is 2.93 bits per heavy atom. The monoisotopic (exact) mass is 212 g/mol. The number of carbonyl (C=O) groups excluding carboxylic acids is 1. The van der Waals surface area contributed by atoms with Crippen molar-refractivity contribution >= 4 is 5.91 Å². The van der Waals surface area contributed by atoms with E-state index >= 15 is 0 Å². The molecule has 0 aliphatic carbocycles. The highest BCUT2D eigenvalue weighted by molar-refractivity contribution is 5.81. The lowest BCUT2D eigenvalue weighted by atomic mass is 9.98. The number of rotatable bonds is 2. The Kier molecular flexibility index (Phi) is 3.59. The van der Waals surface area contributed by atoms with Crippen LogP contribution in [-0.2, 0) is 9.53 Å². The topological polar surface area (TPSA) is 55.6 Å². The second-order valence-corrected chi connectivity index (χ2v) is 4.53. The maximum Gasteiger partial charge on any atom is 0.251 e. The van der Waals surface area contributed by atoms with Gasteiger partial charge in [0.05, 0.1) is 0 Å². The summed E-state index contributed by atoms with van der Waals surface area (Å²) in [6.45, 7) is 3.14. The first kappa shape index (κ1) is 10.9. The van der Waals surface area contributed by atoms with E-state index in [-0.39, 0.29) is 12.0 Å². The van der Waals surface area contributed by atoms with E-state index in [1.165, 1.54) is 0 Å². The highest BCUT2D eigenvalue weighted by Crippen LogP contribution is 2.20. The van der Waals surface area contributed by atoms with Crippen LogP contribution in [-0.4, -0.2) is 43.2 Å². The Bertz CT molecular complexity index is 227. The third-order valence-electron chi connectivity index (χ3n) is 3.37. The molecule has 2 heterocycles. The minimum absolute atomic E-state index is 0.165. The molecule has 2 N–H and O–H groups in total. The van der Waals surface area contributed by atoms with Gasteiger partial charge in [-0.1, -0.05) is 0 Å². The van der Waals surface area contributed by atoms with Gasteiger partial charge in [0, 0.05) is 19.7 Å². The van der Waals surface area contributed by atoms with Crippen molar-refractivity contribution in [3.8, 4) is 0 Å². The molecule has 0 saturated carbocycles. The van der Waals surface area contributed by atoms with E-state index in [0.29, 0.717) is 12.5 Å². The van der Waals surface area contributed by atoms with Crippen LogP contribution in [0.2, 0.25) is 0 Å². The van der Waals surface area contributed by atoms with Gasteiger partial charge in [0.1, 0.15) is 6.10 Å². The second-order valence-electron chi connectivity index (χ2n) is 4.53. The fourth-order valence-corrected chi connectivity index (χ4v) is 2.43. The lowest BCUT2D eigenvalue weighted by Crippen LogP contribution is -2.46. The zero-order chi connectivity index (χ0) is 10.7. The zero-order valence-electron chi connectivity index (χ0n) is 9.15. The number of ether oxygens (including phenoxy) is 1. The summed E-state index contributed by atoms with van der Waals surface area (Å²) < 4.78 is 5.41. The normalized spacial score (nSPS) is 31.9. The Balaban J connectivity index is 1.88. The number of nitrogens with zero attached hydrogens (tertiary/aromatic N) is 1. The molecule has 2 atom stereocenters. The summed E-state index contributed by atoms with van der Waals surface area (Å²) in [5.41, 5.74) is 5.65. The van der Waals surface area contributed by atoms with Crippen molar-refractivity contribution in [1.29, 1.82) is 0 Å². The minimum atomic E-state index is -0.165. The van der Waals surface area contributed by atoms with Gasteiger partial charge >= 0.3 is 0 Å². The smallest absolute Gasteiger partial charge is 0.251 e. The van der Waals surface area contributed by atoms with Gasteiger partial charge in [0.15, 0.2) is 0 Å². The van der Waals surface area contributed by atoms with Crippen molar-refractivity contribution in [2.45, 2.75) is 31.8 Å². The maximum atomic E-state index is 12.0. The fraction of sp³-hybridized carbons (Fsp3) is 0.909. The highest BCUT2D eigenvalue weighted by atomic mass is 16.5. The number of carbonyl (C=O) groups is 1. The molecule has 1 unspecified atom stereocenters. The SMILES string of the molecule is NCC1CCCN(C(=O)[C@@H]2CCCO2)C1. The summed E-state index contributed by atoms with van der Waals surface area (Å²) in [7, 11) is 0. The minimum Gasteiger partial charge on any atom is -0.368 e. The number of hydrogen-bond donors (Lipinski definition) is 1. The van der Waals surface area contributed by atoms with Crippen molar-refractivity contribution in [1.82, 2.24) is 4.90 Å². The second kappa shape index (κ2) is 4.94. The van der Waals surface area contributed by atoms with E-state index in [2.05, 4.69) is 0 Å². The van der Waals surface area contributed by atoms with Crippen molar-refractivity contribution in [2.24, 2.45) is 11.7 Å². The van der Waals surface area contributed by atoms with Crippen LogP contribution < -0.4 is 5.73 Å². The molecule has 1 amide bonds. The van der Waals surface area contributed by atoms with Crippen molar-refractivity contribution in [3.05, 3.63) is 0 Å². The first-order valence-corrected chi connectivity index (χ1v) is 5.91. The molecule has 0 aromatic heterocycles. The average Bonchev–Trinajstić information content (AvgIpc) is 2.81. The molecule has 0 radical (unpaired) electrons. The van der Waals surface area contributed by atoms with Crippen LogP contribution in [0.3, 0.4) is 0 Å². The van der Waals surface area contributed by atoms with Crippen LogP contribution in [0, 0.1) is 5.92 Å². The molecule has 2 aliphatic rings. The van der Waals surface area contributed by atoms with Crippen LogP contribution in [0.25, 0.3) is 0 Å². The van der Waals surface area contributed by atoms with Crippen molar-refractivity contribution < 1.29 is 9.53 Å². The van der Waals surface area contributed by atoms with Gasteiger partial charge in [-0.15, -0.1) is 0 Å². The molecule has 2 fully saturated rings. The molecule has 4 heteroatoms. The summed E-state index contributed by atoms with van der Waals surface area (Å²) in [5, 5.41) is 0. The lowest BCUT2D eigenvalue weighted by molar-refractivity contribution is -0.142. The molecule has 2 aliphatic heterocycles. The standard InChI is InChI=1S/C11H20N2O2/c12-7-9-3-1-5-13(8-9)11(14)10-4-2-6-15-10/h9-10H,1-8,12H2/t9?,10-/m0/s1. The summed E-state index contributed by atoms with van der Waals surface area (Å²) in [4.78, 5) is 14.0. The van der Waals surface area contributed by atoms with Gasteiger partial charge in [-0.25, -0.2) is 0 Å². The molecule has 0 spiro atoms. The molecule has 2 saturated heterocycles. The first-order valence-electron chi connectivity index (χ1n) is 5.91. The number of amides is 1. The molecular formula is C11H20N2O2. The Morgan fingerprint density at radius 2 is 2.27 bits per heavy atom. The summed E-state index contributed by atoms with van der Waals surface area (Å²) in [5.74, 6) is 0.676. The number of piperidine rings is 1. The molecule has 86 valence electrons. The summed E-state index contributed by atoms with van der Waals surface area (Å²) in [6.07, 6.45) is 3.99. The molecule has 2 rings (SSSR count). The zero-order valence-corrected chi connectivity index (χ0v) is 9.15. The van der Waals surface area contributed by atoms with Gasteiger partial charge in [0.25, 0.3) is 5.91 Å². The van der Waals surface area contributed by atoms with Gasteiger partial charge in [-0.3, -0.25) is 4.79 Å². The van der Waals surface area contributed by atoms with E-state index in [1.807, 2.05) is 4.90 Å². The van der Waals surface area contributed by atoms with Gasteiger partial charge in [-0.2, -0.15) is 0 Å². The number of likely N-dealkylation sites (tertiary alicyclic amines) is 1. The molecule has 15 heavy (non-hydrogen) atoms. The Morgan fingerprint density at radius 1 is 1.40 bits per heavy atom. The lowest BCUT2D eigenvalue weighted by Gasteiger charge is -2.33. The summed E-state index contributed by atoms with van der Waals surface area (Å²) >= 11 is 0. The number of nitrogens with two attached hydrogens (primary N) is 1. The predicted octanol–water partition coefficient (Wildman–Crippen LogP) is 0.363. The van der Waals surface area contributed by atoms with Crippen LogP contribution >= 0.6 is 0 Å². The van der Waals surface area contributed by atoms with Gasteiger partial charge in [0.2, 0.25) is 0 Å². The fourth-order valence-electron chi connectivity index (χ4n) is 2.43. The Hall–Kier alpha value is -0.610. The van der Waals surface area contributed by atoms with E-state index in [4.69, 9.17) is 10.5 Å². The largest absolute Gasteiger partial charge is 0.368 e. The van der Waals surface area contributed by atoms with Crippen LogP contribution in [0.1, 0.15) is 25.7 Å². The molecule has 4 nitrogen and oxygen atoms in total. The van der Waals surface area contributed by atoms with Crippen LogP contribution in [0.4, 0.5) is 0 Å². The van der Waals surface area contributed by atoms with E-state index in [1.54, 1.807) is 0 Å². The first-order chi connectivity index (χ1) is 7.31. The predicted molar refractivity (Wildman–Crippen MR) is 57.3 cm³/mol. The highest BCUT2D eigenvalue weighted by Gasteiger charge is 2.30. The van der Waals surface area contributed by atoms with Crippen molar-refractivity contribution in [2.75, 3.05) is 26.2 Å².